The third kappa shape index (κ3) is 3.31. The molecule has 0 radical (unpaired) electrons. The lowest BCUT2D eigenvalue weighted by Crippen LogP contribution is -2.12. The number of hydrogen-bond donors (Lipinski definition) is 0. The van der Waals surface area contributed by atoms with Gasteiger partial charge in [-0.15, -0.1) is 0 Å². The van der Waals surface area contributed by atoms with Crippen LogP contribution in [0.2, 0.25) is 0 Å². The van der Waals surface area contributed by atoms with Crippen molar-refractivity contribution in [3.05, 3.63) is 28.6 Å². The largest absolute Gasteiger partial charge is 0.462 e. The highest BCUT2D eigenvalue weighted by atomic mass is 16.5. The van der Waals surface area contributed by atoms with Crippen molar-refractivity contribution in [3.8, 4) is 0 Å². The first-order valence-corrected chi connectivity index (χ1v) is 6.68. The summed E-state index contributed by atoms with van der Waals surface area (Å²) in [6.07, 6.45) is 1.79. The molecule has 0 bridgehead atoms. The van der Waals surface area contributed by atoms with E-state index in [0.717, 1.165) is 29.8 Å². The van der Waals surface area contributed by atoms with E-state index in [-0.39, 0.29) is 5.97 Å². The van der Waals surface area contributed by atoms with Crippen LogP contribution in [-0.2, 0) is 11.2 Å². The van der Waals surface area contributed by atoms with Crippen LogP contribution in [0.5, 0.6) is 0 Å². The molecule has 0 saturated heterocycles. The van der Waals surface area contributed by atoms with E-state index < -0.39 is 0 Å². The van der Waals surface area contributed by atoms with E-state index in [1.54, 1.807) is 0 Å². The number of ether oxygens (including phenoxy) is 1. The van der Waals surface area contributed by atoms with Crippen molar-refractivity contribution in [2.45, 2.75) is 53.4 Å². The predicted molar refractivity (Wildman–Crippen MR) is 73.0 cm³/mol. The predicted octanol–water partition coefficient (Wildman–Crippen LogP) is 3.64. The molecule has 0 atom stereocenters. The summed E-state index contributed by atoms with van der Waals surface area (Å²) in [5, 5.41) is 0. The summed E-state index contributed by atoms with van der Waals surface area (Å²) in [5.74, 6) is 0.115. The van der Waals surface area contributed by atoms with Crippen molar-refractivity contribution < 1.29 is 9.53 Å². The maximum Gasteiger partial charge on any atom is 0.339 e. The Labute approximate surface area is 110 Å². The van der Waals surface area contributed by atoms with Crippen molar-refractivity contribution in [1.29, 1.82) is 0 Å². The van der Waals surface area contributed by atoms with E-state index in [0.29, 0.717) is 18.1 Å². The molecule has 0 fully saturated rings. The molecule has 0 unspecified atom stereocenters. The second kappa shape index (κ2) is 6.53. The van der Waals surface area contributed by atoms with Crippen molar-refractivity contribution in [1.82, 2.24) is 4.98 Å². The molecule has 1 aromatic rings. The molecule has 0 aromatic carbocycles. The lowest BCUT2D eigenvalue weighted by atomic mass is 10.00. The van der Waals surface area contributed by atoms with Gasteiger partial charge in [-0.2, -0.15) is 0 Å². The molecule has 0 aliphatic carbocycles. The van der Waals surface area contributed by atoms with Crippen LogP contribution < -0.4 is 0 Å². The fourth-order valence-corrected chi connectivity index (χ4v) is 2.06. The Morgan fingerprint density at radius 1 is 1.39 bits per heavy atom. The highest BCUT2D eigenvalue weighted by Crippen LogP contribution is 2.21. The van der Waals surface area contributed by atoms with Gasteiger partial charge in [0.1, 0.15) is 0 Å². The molecule has 0 amide bonds. The van der Waals surface area contributed by atoms with Crippen LogP contribution in [0.1, 0.15) is 67.3 Å². The minimum atomic E-state index is -0.258. The molecular formula is C15H23NO2. The van der Waals surface area contributed by atoms with Gasteiger partial charge in [-0.25, -0.2) is 4.79 Å². The minimum absolute atomic E-state index is 0.258. The van der Waals surface area contributed by atoms with Gasteiger partial charge < -0.3 is 4.74 Å². The van der Waals surface area contributed by atoms with Gasteiger partial charge in [-0.3, -0.25) is 4.98 Å². The number of hydrogen-bond acceptors (Lipinski definition) is 3. The summed E-state index contributed by atoms with van der Waals surface area (Å²) in [6, 6.07) is 1.92. The third-order valence-corrected chi connectivity index (χ3v) is 2.86. The molecule has 3 heteroatoms. The number of aryl methyl sites for hydroxylation is 2. The van der Waals surface area contributed by atoms with E-state index in [2.05, 4.69) is 25.8 Å². The van der Waals surface area contributed by atoms with E-state index >= 15 is 0 Å². The molecule has 0 N–H and O–H groups in total. The van der Waals surface area contributed by atoms with Crippen LogP contribution in [0, 0.1) is 6.92 Å². The molecule has 0 saturated carbocycles. The van der Waals surface area contributed by atoms with Crippen LogP contribution in [0.4, 0.5) is 0 Å². The van der Waals surface area contributed by atoms with Crippen LogP contribution >= 0.6 is 0 Å². The van der Waals surface area contributed by atoms with Crippen molar-refractivity contribution in [2.24, 2.45) is 0 Å². The molecule has 100 valence electrons. The van der Waals surface area contributed by atoms with Gasteiger partial charge in [-0.05, 0) is 37.8 Å². The van der Waals surface area contributed by atoms with E-state index in [9.17, 15) is 4.79 Å². The van der Waals surface area contributed by atoms with Gasteiger partial charge in [0.05, 0.1) is 17.9 Å². The maximum atomic E-state index is 11.9. The highest BCUT2D eigenvalue weighted by molar-refractivity contribution is 5.90. The van der Waals surface area contributed by atoms with Crippen LogP contribution in [0.15, 0.2) is 6.07 Å². The van der Waals surface area contributed by atoms with E-state index in [4.69, 9.17) is 4.74 Å². The number of carbonyl (C=O) groups is 1. The average Bonchev–Trinajstić information content (AvgIpc) is 2.31. The van der Waals surface area contributed by atoms with Crippen molar-refractivity contribution in [2.75, 3.05) is 6.61 Å². The van der Waals surface area contributed by atoms with Gasteiger partial charge in [0.2, 0.25) is 0 Å². The highest BCUT2D eigenvalue weighted by Gasteiger charge is 2.17. The summed E-state index contributed by atoms with van der Waals surface area (Å²) in [6.45, 7) is 10.5. The molecule has 1 rings (SSSR count). The summed E-state index contributed by atoms with van der Waals surface area (Å²) in [5.41, 5.74) is 3.63. The van der Waals surface area contributed by atoms with Gasteiger partial charge >= 0.3 is 5.97 Å². The number of rotatable bonds is 5. The van der Waals surface area contributed by atoms with E-state index in [1.807, 2.05) is 19.9 Å². The standard InChI is InChI=1S/C15H23NO2/c1-6-8-13-12(15(17)18-7-2)9-11(5)14(16-13)10(3)4/h9-10H,6-8H2,1-5H3. The molecule has 0 aliphatic rings. The zero-order valence-electron chi connectivity index (χ0n) is 12.0. The zero-order chi connectivity index (χ0) is 13.7. The monoisotopic (exact) mass is 249 g/mol. The lowest BCUT2D eigenvalue weighted by Gasteiger charge is -2.14. The second-order valence-corrected chi connectivity index (χ2v) is 4.81. The van der Waals surface area contributed by atoms with Gasteiger partial charge in [0, 0.05) is 5.69 Å². The molecular weight excluding hydrogens is 226 g/mol. The van der Waals surface area contributed by atoms with Crippen molar-refractivity contribution in [3.63, 3.8) is 0 Å². The first-order valence-electron chi connectivity index (χ1n) is 6.68. The van der Waals surface area contributed by atoms with Crippen molar-refractivity contribution >= 4 is 5.97 Å². The Morgan fingerprint density at radius 3 is 2.56 bits per heavy atom. The van der Waals surface area contributed by atoms with Crippen LogP contribution in [-0.4, -0.2) is 17.6 Å². The van der Waals surface area contributed by atoms with Crippen LogP contribution in [0.3, 0.4) is 0 Å². The average molecular weight is 249 g/mol. The molecule has 0 aliphatic heterocycles. The second-order valence-electron chi connectivity index (χ2n) is 4.81. The number of aromatic nitrogens is 1. The number of carbonyl (C=O) groups excluding carboxylic acids is 1. The maximum absolute atomic E-state index is 11.9. The smallest absolute Gasteiger partial charge is 0.339 e. The quantitative estimate of drug-likeness (QED) is 0.748. The Bertz CT molecular complexity index is 425. The Hall–Kier alpha value is -1.38. The molecule has 0 spiro atoms. The SMILES string of the molecule is CCCc1nc(C(C)C)c(C)cc1C(=O)OCC. The Morgan fingerprint density at radius 2 is 2.06 bits per heavy atom. The molecule has 18 heavy (non-hydrogen) atoms. The molecule has 3 nitrogen and oxygen atoms in total. The summed E-state index contributed by atoms with van der Waals surface area (Å²) >= 11 is 0. The van der Waals surface area contributed by atoms with E-state index in [1.165, 1.54) is 0 Å². The fourth-order valence-electron chi connectivity index (χ4n) is 2.06. The van der Waals surface area contributed by atoms with Gasteiger partial charge in [0.25, 0.3) is 0 Å². The topological polar surface area (TPSA) is 39.2 Å². The number of esters is 1. The third-order valence-electron chi connectivity index (χ3n) is 2.86. The first-order chi connectivity index (χ1) is 8.51. The number of nitrogens with zero attached hydrogens (tertiary/aromatic N) is 1. The summed E-state index contributed by atoms with van der Waals surface area (Å²) in [4.78, 5) is 16.6. The first kappa shape index (κ1) is 14.7. The van der Waals surface area contributed by atoms with Gasteiger partial charge in [0.15, 0.2) is 0 Å². The van der Waals surface area contributed by atoms with Crippen LogP contribution in [0.25, 0.3) is 0 Å². The summed E-state index contributed by atoms with van der Waals surface area (Å²) < 4.78 is 5.09. The summed E-state index contributed by atoms with van der Waals surface area (Å²) in [7, 11) is 0. The lowest BCUT2D eigenvalue weighted by molar-refractivity contribution is 0.0524. The fraction of sp³-hybridized carbons (Fsp3) is 0.600. The number of pyridine rings is 1. The Balaban J connectivity index is 3.24. The molecule has 1 heterocycles. The van der Waals surface area contributed by atoms with Gasteiger partial charge in [-0.1, -0.05) is 27.2 Å². The Kier molecular flexibility index (Phi) is 5.32. The minimum Gasteiger partial charge on any atom is -0.462 e. The normalized spacial score (nSPS) is 10.8. The molecule has 1 aromatic heterocycles. The zero-order valence-corrected chi connectivity index (χ0v) is 12.0.